The van der Waals surface area contributed by atoms with E-state index in [0.717, 1.165) is 57.4 Å². The zero-order valence-electron chi connectivity index (χ0n) is 19.0. The highest BCUT2D eigenvalue weighted by molar-refractivity contribution is 14.0. The van der Waals surface area contributed by atoms with Gasteiger partial charge in [0.05, 0.1) is 6.10 Å². The first kappa shape index (κ1) is 25.4. The standard InChI is InChI=1S/C24H40N4O.HI/c1-19(2)15-24(11-4-12-24)18-27-23(25-3)26-16-20-5-7-21(8-6-20)17-28-13-9-22(29)10-14-28;/h5-8,19,22,29H,4,9-18H2,1-3H3,(H2,25,26,27);1H. The summed E-state index contributed by atoms with van der Waals surface area (Å²) >= 11 is 0. The molecule has 0 aromatic heterocycles. The van der Waals surface area contributed by atoms with Crippen molar-refractivity contribution >= 4 is 29.9 Å². The molecule has 170 valence electrons. The second-order valence-corrected chi connectivity index (χ2v) is 9.55. The summed E-state index contributed by atoms with van der Waals surface area (Å²) in [4.78, 5) is 6.84. The lowest BCUT2D eigenvalue weighted by Crippen LogP contribution is -2.46. The molecule has 1 saturated carbocycles. The van der Waals surface area contributed by atoms with Crippen molar-refractivity contribution in [2.75, 3.05) is 26.7 Å². The number of nitrogens with one attached hydrogen (secondary N) is 2. The molecule has 1 aromatic carbocycles. The third kappa shape index (κ3) is 7.68. The molecule has 0 spiro atoms. The Balaban J connectivity index is 0.00000320. The largest absolute Gasteiger partial charge is 0.393 e. The molecular weight excluding hydrogens is 487 g/mol. The molecule has 1 aliphatic carbocycles. The predicted octanol–water partition coefficient (Wildman–Crippen LogP) is 4.14. The highest BCUT2D eigenvalue weighted by atomic mass is 127. The number of aliphatic hydroxyl groups is 1. The molecule has 3 rings (SSSR count). The molecule has 0 bridgehead atoms. The number of guanidine groups is 1. The Bertz CT molecular complexity index is 650. The van der Waals surface area contributed by atoms with E-state index in [2.05, 4.69) is 58.6 Å². The van der Waals surface area contributed by atoms with Crippen molar-refractivity contribution in [1.82, 2.24) is 15.5 Å². The minimum absolute atomic E-state index is 0. The molecule has 0 unspecified atom stereocenters. The summed E-state index contributed by atoms with van der Waals surface area (Å²) in [6.07, 6.45) is 7.03. The third-order valence-corrected chi connectivity index (χ3v) is 6.56. The van der Waals surface area contributed by atoms with Crippen LogP contribution in [0.25, 0.3) is 0 Å². The highest BCUT2D eigenvalue weighted by Gasteiger charge is 2.37. The molecule has 1 aromatic rings. The van der Waals surface area contributed by atoms with E-state index in [9.17, 15) is 5.11 Å². The molecule has 0 radical (unpaired) electrons. The summed E-state index contributed by atoms with van der Waals surface area (Å²) in [5, 5.41) is 16.7. The third-order valence-electron chi connectivity index (χ3n) is 6.56. The Morgan fingerprint density at radius 3 is 2.30 bits per heavy atom. The number of hydrogen-bond acceptors (Lipinski definition) is 3. The van der Waals surface area contributed by atoms with Gasteiger partial charge in [-0.1, -0.05) is 44.5 Å². The number of aliphatic hydroxyl groups excluding tert-OH is 1. The maximum absolute atomic E-state index is 9.64. The molecule has 3 N–H and O–H groups in total. The molecule has 30 heavy (non-hydrogen) atoms. The monoisotopic (exact) mass is 528 g/mol. The lowest BCUT2D eigenvalue weighted by Gasteiger charge is -2.43. The van der Waals surface area contributed by atoms with Gasteiger partial charge in [-0.25, -0.2) is 0 Å². The minimum Gasteiger partial charge on any atom is -0.393 e. The Hall–Kier alpha value is -0.860. The van der Waals surface area contributed by atoms with Crippen LogP contribution in [0.4, 0.5) is 0 Å². The van der Waals surface area contributed by atoms with Crippen LogP contribution < -0.4 is 10.6 Å². The first-order chi connectivity index (χ1) is 14.0. The van der Waals surface area contributed by atoms with Crippen LogP contribution in [0.1, 0.15) is 63.5 Å². The van der Waals surface area contributed by atoms with Crippen LogP contribution in [-0.4, -0.2) is 48.8 Å². The number of hydrogen-bond donors (Lipinski definition) is 3. The zero-order valence-corrected chi connectivity index (χ0v) is 21.3. The zero-order chi connectivity index (χ0) is 20.7. The quantitative estimate of drug-likeness (QED) is 0.270. The average molecular weight is 529 g/mol. The fraction of sp³-hybridized carbons (Fsp3) is 0.708. The van der Waals surface area contributed by atoms with Crippen LogP contribution in [0.5, 0.6) is 0 Å². The van der Waals surface area contributed by atoms with Crippen molar-refractivity contribution in [3.63, 3.8) is 0 Å². The van der Waals surface area contributed by atoms with Crippen molar-refractivity contribution in [3.05, 3.63) is 35.4 Å². The van der Waals surface area contributed by atoms with Gasteiger partial charge in [0.1, 0.15) is 0 Å². The van der Waals surface area contributed by atoms with E-state index >= 15 is 0 Å². The van der Waals surface area contributed by atoms with Gasteiger partial charge in [-0.05, 0) is 54.6 Å². The Morgan fingerprint density at radius 1 is 1.13 bits per heavy atom. The van der Waals surface area contributed by atoms with Crippen molar-refractivity contribution in [2.24, 2.45) is 16.3 Å². The van der Waals surface area contributed by atoms with Crippen LogP contribution in [0.15, 0.2) is 29.3 Å². The van der Waals surface area contributed by atoms with Gasteiger partial charge in [0.25, 0.3) is 0 Å². The fourth-order valence-electron chi connectivity index (χ4n) is 4.77. The molecule has 2 aliphatic rings. The van der Waals surface area contributed by atoms with E-state index in [1.54, 1.807) is 0 Å². The number of halogens is 1. The lowest BCUT2D eigenvalue weighted by molar-refractivity contribution is 0.0792. The molecule has 0 amide bonds. The van der Waals surface area contributed by atoms with Crippen molar-refractivity contribution in [3.8, 4) is 0 Å². The maximum atomic E-state index is 9.64. The normalized spacial score (nSPS) is 19.8. The molecule has 0 atom stereocenters. The highest BCUT2D eigenvalue weighted by Crippen LogP contribution is 2.45. The number of likely N-dealkylation sites (tertiary alicyclic amines) is 1. The van der Waals surface area contributed by atoms with E-state index in [-0.39, 0.29) is 30.1 Å². The van der Waals surface area contributed by atoms with E-state index in [0.29, 0.717) is 5.41 Å². The van der Waals surface area contributed by atoms with E-state index in [4.69, 9.17) is 0 Å². The summed E-state index contributed by atoms with van der Waals surface area (Å²) in [6.45, 7) is 9.41. The van der Waals surface area contributed by atoms with Gasteiger partial charge in [0.2, 0.25) is 0 Å². The summed E-state index contributed by atoms with van der Waals surface area (Å²) in [5.41, 5.74) is 3.08. The Kier molecular flexibility index (Phi) is 10.4. The Labute approximate surface area is 200 Å². The molecule has 1 aliphatic heterocycles. The van der Waals surface area contributed by atoms with Gasteiger partial charge in [0, 0.05) is 39.8 Å². The maximum Gasteiger partial charge on any atom is 0.191 e. The topological polar surface area (TPSA) is 59.9 Å². The molecule has 1 saturated heterocycles. The first-order valence-corrected chi connectivity index (χ1v) is 11.4. The van der Waals surface area contributed by atoms with Crippen LogP contribution in [0.3, 0.4) is 0 Å². The molecule has 6 heteroatoms. The summed E-state index contributed by atoms with van der Waals surface area (Å²) in [7, 11) is 1.85. The molecule has 5 nitrogen and oxygen atoms in total. The van der Waals surface area contributed by atoms with Gasteiger partial charge in [-0.3, -0.25) is 9.89 Å². The molecule has 1 heterocycles. The van der Waals surface area contributed by atoms with Gasteiger partial charge >= 0.3 is 0 Å². The van der Waals surface area contributed by atoms with Crippen molar-refractivity contribution in [2.45, 2.75) is 71.6 Å². The van der Waals surface area contributed by atoms with Gasteiger partial charge in [-0.15, -0.1) is 24.0 Å². The number of benzene rings is 1. The van der Waals surface area contributed by atoms with Crippen LogP contribution in [0.2, 0.25) is 0 Å². The minimum atomic E-state index is -0.104. The lowest BCUT2D eigenvalue weighted by atomic mass is 9.64. The number of piperidine rings is 1. The number of aliphatic imine (C=N–C) groups is 1. The molecule has 2 fully saturated rings. The summed E-state index contributed by atoms with van der Waals surface area (Å²) in [6, 6.07) is 8.87. The first-order valence-electron chi connectivity index (χ1n) is 11.4. The van der Waals surface area contributed by atoms with Gasteiger partial charge in [-0.2, -0.15) is 0 Å². The Morgan fingerprint density at radius 2 is 1.77 bits per heavy atom. The summed E-state index contributed by atoms with van der Waals surface area (Å²) in [5.74, 6) is 1.65. The second-order valence-electron chi connectivity index (χ2n) is 9.55. The second kappa shape index (κ2) is 12.2. The van der Waals surface area contributed by atoms with Crippen LogP contribution in [0, 0.1) is 11.3 Å². The van der Waals surface area contributed by atoms with E-state index in [1.165, 1.54) is 36.8 Å². The van der Waals surface area contributed by atoms with Gasteiger partial charge in [0.15, 0.2) is 5.96 Å². The van der Waals surface area contributed by atoms with Gasteiger partial charge < -0.3 is 15.7 Å². The average Bonchev–Trinajstić information content (AvgIpc) is 2.68. The number of nitrogens with zero attached hydrogens (tertiary/aromatic N) is 2. The van der Waals surface area contributed by atoms with E-state index in [1.807, 2.05) is 7.05 Å². The van der Waals surface area contributed by atoms with Crippen molar-refractivity contribution in [1.29, 1.82) is 0 Å². The fourth-order valence-corrected chi connectivity index (χ4v) is 4.77. The number of rotatable bonds is 8. The van der Waals surface area contributed by atoms with E-state index < -0.39 is 0 Å². The van der Waals surface area contributed by atoms with Crippen LogP contribution >= 0.6 is 24.0 Å². The molecular formula is C24H41IN4O. The summed E-state index contributed by atoms with van der Waals surface area (Å²) < 4.78 is 0. The SMILES string of the molecule is CN=C(NCc1ccc(CN2CCC(O)CC2)cc1)NCC1(CC(C)C)CCC1.I. The predicted molar refractivity (Wildman–Crippen MR) is 136 cm³/mol. The van der Waals surface area contributed by atoms with Crippen LogP contribution in [-0.2, 0) is 13.1 Å². The van der Waals surface area contributed by atoms with Crippen molar-refractivity contribution < 1.29 is 5.11 Å². The smallest absolute Gasteiger partial charge is 0.191 e.